The van der Waals surface area contributed by atoms with Crippen LogP contribution in [0.2, 0.25) is 0 Å². The average Bonchev–Trinajstić information content (AvgIpc) is 2.95. The minimum absolute atomic E-state index is 0.356. The molecule has 2 aromatic rings. The van der Waals surface area contributed by atoms with Gasteiger partial charge in [-0.15, -0.1) is 0 Å². The van der Waals surface area contributed by atoms with E-state index in [-0.39, 0.29) is 0 Å². The number of rotatable bonds is 2. The van der Waals surface area contributed by atoms with Gasteiger partial charge in [-0.05, 0) is 32.8 Å². The highest BCUT2D eigenvalue weighted by Gasteiger charge is 2.29. The standard InChI is InChI=1S/C14H19N5/c1-10-7-11(2)17-14(16-10)19-6-4-5-13(19)12-8-15-18(3)9-12/h7-9,13H,4-6H2,1-3H3. The molecule has 0 bridgehead atoms. The molecule has 0 aliphatic carbocycles. The Morgan fingerprint density at radius 1 is 1.21 bits per heavy atom. The van der Waals surface area contributed by atoms with Gasteiger partial charge < -0.3 is 4.90 Å². The molecule has 0 amide bonds. The quantitative estimate of drug-likeness (QED) is 0.827. The first-order valence-electron chi connectivity index (χ1n) is 6.71. The largest absolute Gasteiger partial charge is 0.334 e. The van der Waals surface area contributed by atoms with Gasteiger partial charge in [0.25, 0.3) is 0 Å². The van der Waals surface area contributed by atoms with Crippen LogP contribution in [0.4, 0.5) is 5.95 Å². The van der Waals surface area contributed by atoms with Gasteiger partial charge in [0.1, 0.15) is 0 Å². The number of aryl methyl sites for hydroxylation is 3. The molecule has 1 saturated heterocycles. The first-order valence-corrected chi connectivity index (χ1v) is 6.71. The second-order valence-corrected chi connectivity index (χ2v) is 5.25. The molecule has 3 rings (SSSR count). The van der Waals surface area contributed by atoms with Crippen molar-refractivity contribution in [2.45, 2.75) is 32.7 Å². The summed E-state index contributed by atoms with van der Waals surface area (Å²) in [7, 11) is 1.95. The van der Waals surface area contributed by atoms with Crippen molar-refractivity contribution in [1.82, 2.24) is 19.7 Å². The molecule has 0 spiro atoms. The monoisotopic (exact) mass is 257 g/mol. The lowest BCUT2D eigenvalue weighted by Gasteiger charge is -2.24. The molecule has 1 fully saturated rings. The van der Waals surface area contributed by atoms with Crippen LogP contribution in [0.1, 0.15) is 35.8 Å². The number of hydrogen-bond acceptors (Lipinski definition) is 4. The number of aromatic nitrogens is 4. The zero-order valence-corrected chi connectivity index (χ0v) is 11.7. The number of hydrogen-bond donors (Lipinski definition) is 0. The molecule has 1 atom stereocenters. The fraction of sp³-hybridized carbons (Fsp3) is 0.500. The maximum atomic E-state index is 4.59. The molecular weight excluding hydrogens is 238 g/mol. The third kappa shape index (κ3) is 2.32. The molecule has 1 aliphatic rings. The van der Waals surface area contributed by atoms with Gasteiger partial charge in [-0.1, -0.05) is 0 Å². The van der Waals surface area contributed by atoms with Gasteiger partial charge in [-0.25, -0.2) is 9.97 Å². The topological polar surface area (TPSA) is 46.8 Å². The second-order valence-electron chi connectivity index (χ2n) is 5.25. The van der Waals surface area contributed by atoms with Crippen LogP contribution in [0, 0.1) is 13.8 Å². The van der Waals surface area contributed by atoms with Crippen LogP contribution in [0.15, 0.2) is 18.5 Å². The van der Waals surface area contributed by atoms with E-state index >= 15 is 0 Å². The molecule has 0 saturated carbocycles. The van der Waals surface area contributed by atoms with Crippen molar-refractivity contribution in [3.05, 3.63) is 35.4 Å². The van der Waals surface area contributed by atoms with Crippen molar-refractivity contribution < 1.29 is 0 Å². The second kappa shape index (κ2) is 4.64. The van der Waals surface area contributed by atoms with Crippen LogP contribution >= 0.6 is 0 Å². The highest BCUT2D eigenvalue weighted by Crippen LogP contribution is 2.34. The molecular formula is C14H19N5. The van der Waals surface area contributed by atoms with Gasteiger partial charge in [0.15, 0.2) is 0 Å². The third-order valence-corrected chi connectivity index (χ3v) is 3.59. The Kier molecular flexibility index (Phi) is 2.97. The Morgan fingerprint density at radius 2 is 1.95 bits per heavy atom. The molecule has 0 aromatic carbocycles. The Balaban J connectivity index is 1.94. The highest BCUT2D eigenvalue weighted by atomic mass is 15.3. The molecule has 0 radical (unpaired) electrons. The maximum Gasteiger partial charge on any atom is 0.226 e. The van der Waals surface area contributed by atoms with Crippen LogP contribution in [-0.4, -0.2) is 26.3 Å². The van der Waals surface area contributed by atoms with Crippen molar-refractivity contribution in [2.75, 3.05) is 11.4 Å². The van der Waals surface area contributed by atoms with E-state index in [1.165, 1.54) is 12.0 Å². The van der Waals surface area contributed by atoms with Crippen LogP contribution in [0.3, 0.4) is 0 Å². The van der Waals surface area contributed by atoms with E-state index in [9.17, 15) is 0 Å². The number of nitrogens with zero attached hydrogens (tertiary/aromatic N) is 5. The van der Waals surface area contributed by atoms with E-state index in [1.54, 1.807) is 0 Å². The Morgan fingerprint density at radius 3 is 2.58 bits per heavy atom. The normalized spacial score (nSPS) is 19.1. The summed E-state index contributed by atoms with van der Waals surface area (Å²) in [6, 6.07) is 2.37. The Hall–Kier alpha value is -1.91. The summed E-state index contributed by atoms with van der Waals surface area (Å²) in [6.45, 7) is 5.06. The zero-order chi connectivity index (χ0) is 13.4. The van der Waals surface area contributed by atoms with E-state index < -0.39 is 0 Å². The minimum Gasteiger partial charge on any atom is -0.334 e. The van der Waals surface area contributed by atoms with Crippen molar-refractivity contribution in [3.63, 3.8) is 0 Å². The van der Waals surface area contributed by atoms with Gasteiger partial charge in [-0.3, -0.25) is 4.68 Å². The highest BCUT2D eigenvalue weighted by molar-refractivity contribution is 5.38. The average molecular weight is 257 g/mol. The van der Waals surface area contributed by atoms with Crippen molar-refractivity contribution in [1.29, 1.82) is 0 Å². The molecule has 19 heavy (non-hydrogen) atoms. The third-order valence-electron chi connectivity index (χ3n) is 3.59. The fourth-order valence-corrected chi connectivity index (χ4v) is 2.80. The van der Waals surface area contributed by atoms with E-state index in [0.717, 1.165) is 30.3 Å². The summed E-state index contributed by atoms with van der Waals surface area (Å²) < 4.78 is 1.86. The minimum atomic E-state index is 0.356. The van der Waals surface area contributed by atoms with E-state index in [1.807, 2.05) is 37.8 Å². The van der Waals surface area contributed by atoms with Crippen molar-refractivity contribution in [2.24, 2.45) is 7.05 Å². The van der Waals surface area contributed by atoms with Gasteiger partial charge in [0.05, 0.1) is 12.2 Å². The fourth-order valence-electron chi connectivity index (χ4n) is 2.80. The first-order chi connectivity index (χ1) is 9.13. The smallest absolute Gasteiger partial charge is 0.226 e. The molecule has 1 unspecified atom stereocenters. The SMILES string of the molecule is Cc1cc(C)nc(N2CCCC2c2cnn(C)c2)n1. The Bertz CT molecular complexity index is 569. The maximum absolute atomic E-state index is 4.59. The molecule has 5 heteroatoms. The van der Waals surface area contributed by atoms with Gasteiger partial charge in [0, 0.05) is 36.7 Å². The predicted octanol–water partition coefficient (Wildman–Crippen LogP) is 2.17. The van der Waals surface area contributed by atoms with Gasteiger partial charge >= 0.3 is 0 Å². The summed E-state index contributed by atoms with van der Waals surface area (Å²) in [5.41, 5.74) is 3.31. The molecule has 3 heterocycles. The molecule has 0 N–H and O–H groups in total. The lowest BCUT2D eigenvalue weighted by atomic mass is 10.1. The molecule has 1 aliphatic heterocycles. The zero-order valence-electron chi connectivity index (χ0n) is 11.7. The van der Waals surface area contributed by atoms with E-state index in [4.69, 9.17) is 0 Å². The summed E-state index contributed by atoms with van der Waals surface area (Å²) in [4.78, 5) is 11.5. The summed E-state index contributed by atoms with van der Waals surface area (Å²) in [6.07, 6.45) is 6.36. The lowest BCUT2D eigenvalue weighted by molar-refractivity contribution is 0.696. The van der Waals surface area contributed by atoms with Crippen LogP contribution < -0.4 is 4.90 Å². The molecule has 2 aromatic heterocycles. The molecule has 100 valence electrons. The summed E-state index contributed by atoms with van der Waals surface area (Å²) >= 11 is 0. The number of anilines is 1. The van der Waals surface area contributed by atoms with Crippen molar-refractivity contribution in [3.8, 4) is 0 Å². The predicted molar refractivity (Wildman–Crippen MR) is 74.0 cm³/mol. The Labute approximate surface area is 113 Å². The van der Waals surface area contributed by atoms with Gasteiger partial charge in [0.2, 0.25) is 5.95 Å². The van der Waals surface area contributed by atoms with Crippen LogP contribution in [0.25, 0.3) is 0 Å². The summed E-state index contributed by atoms with van der Waals surface area (Å²) in [5, 5.41) is 4.27. The van der Waals surface area contributed by atoms with Crippen molar-refractivity contribution >= 4 is 5.95 Å². The van der Waals surface area contributed by atoms with Gasteiger partial charge in [-0.2, -0.15) is 5.10 Å². The van der Waals surface area contributed by atoms with E-state index in [0.29, 0.717) is 6.04 Å². The lowest BCUT2D eigenvalue weighted by Crippen LogP contribution is -2.25. The van der Waals surface area contributed by atoms with Crippen LogP contribution in [-0.2, 0) is 7.05 Å². The molecule has 5 nitrogen and oxygen atoms in total. The van der Waals surface area contributed by atoms with E-state index in [2.05, 4.69) is 26.2 Å². The summed E-state index contributed by atoms with van der Waals surface area (Å²) in [5.74, 6) is 0.851. The van der Waals surface area contributed by atoms with Crippen LogP contribution in [0.5, 0.6) is 0 Å². The first kappa shape index (κ1) is 12.1.